The molecule has 0 unspecified atom stereocenters. The highest BCUT2D eigenvalue weighted by Crippen LogP contribution is 2.12. The average Bonchev–Trinajstić information content (AvgIpc) is 2.62. The van der Waals surface area contributed by atoms with E-state index < -0.39 is 34.4 Å². The smallest absolute Gasteiger partial charge is 0.322 e. The fourth-order valence-electron chi connectivity index (χ4n) is 1.22. The zero-order valence-electron chi connectivity index (χ0n) is 9.24. The van der Waals surface area contributed by atoms with Gasteiger partial charge in [0.1, 0.15) is 10.9 Å². The Morgan fingerprint density at radius 2 is 2.11 bits per heavy atom. The number of H-pyrrole nitrogens is 1. The first-order chi connectivity index (χ1) is 8.24. The molecule has 9 nitrogen and oxygen atoms in total. The van der Waals surface area contributed by atoms with E-state index in [0.29, 0.717) is 0 Å². The van der Waals surface area contributed by atoms with Gasteiger partial charge in [0, 0.05) is 0 Å². The van der Waals surface area contributed by atoms with E-state index >= 15 is 0 Å². The summed E-state index contributed by atoms with van der Waals surface area (Å²) < 4.78 is 25.4. The number of carboxylic acids is 2. The molecule has 0 saturated carbocycles. The van der Waals surface area contributed by atoms with Crippen molar-refractivity contribution >= 4 is 22.0 Å². The predicted octanol–water partition coefficient (Wildman–Crippen LogP) is -1.08. The molecule has 0 bridgehead atoms. The second kappa shape index (κ2) is 5.14. The average molecular weight is 277 g/mol. The minimum atomic E-state index is -4.13. The molecule has 0 saturated heterocycles. The van der Waals surface area contributed by atoms with Crippen molar-refractivity contribution in [2.24, 2.45) is 0 Å². The highest BCUT2D eigenvalue weighted by molar-refractivity contribution is 7.89. The summed E-state index contributed by atoms with van der Waals surface area (Å²) in [7, 11) is -4.13. The molecule has 0 aliphatic heterocycles. The van der Waals surface area contributed by atoms with Crippen LogP contribution in [-0.2, 0) is 19.6 Å². The molecule has 0 aliphatic carbocycles. The van der Waals surface area contributed by atoms with E-state index in [-0.39, 0.29) is 10.6 Å². The molecule has 0 fully saturated rings. The zero-order chi connectivity index (χ0) is 13.9. The van der Waals surface area contributed by atoms with E-state index in [4.69, 9.17) is 10.2 Å². The number of hydrogen-bond acceptors (Lipinski definition) is 5. The van der Waals surface area contributed by atoms with Gasteiger partial charge in [0.25, 0.3) is 0 Å². The van der Waals surface area contributed by atoms with Gasteiger partial charge in [-0.15, -0.1) is 0 Å². The highest BCUT2D eigenvalue weighted by atomic mass is 32.2. The molecule has 1 aromatic heterocycles. The number of aliphatic carboxylic acids is 2. The molecule has 18 heavy (non-hydrogen) atoms. The molecule has 0 aliphatic rings. The Hall–Kier alpha value is -1.94. The number of carbonyl (C=O) groups is 2. The maximum Gasteiger partial charge on any atom is 0.322 e. The van der Waals surface area contributed by atoms with Gasteiger partial charge >= 0.3 is 11.9 Å². The quantitative estimate of drug-likeness (QED) is 0.516. The van der Waals surface area contributed by atoms with E-state index in [0.717, 1.165) is 6.20 Å². The zero-order valence-corrected chi connectivity index (χ0v) is 10.1. The molecule has 4 N–H and O–H groups in total. The van der Waals surface area contributed by atoms with Gasteiger partial charge in [0.2, 0.25) is 10.0 Å². The van der Waals surface area contributed by atoms with E-state index in [1.165, 1.54) is 6.92 Å². The lowest BCUT2D eigenvalue weighted by Crippen LogP contribution is -2.42. The largest absolute Gasteiger partial charge is 0.481 e. The van der Waals surface area contributed by atoms with Crippen LogP contribution in [-0.4, -0.2) is 46.8 Å². The molecule has 0 aromatic carbocycles. The fraction of sp³-hybridized carbons (Fsp3) is 0.375. The summed E-state index contributed by atoms with van der Waals surface area (Å²) in [5.74, 6) is -2.99. The first kappa shape index (κ1) is 14.1. The lowest BCUT2D eigenvalue weighted by molar-refractivity contribution is -0.145. The summed E-state index contributed by atoms with van der Waals surface area (Å²) in [4.78, 5) is 21.0. The third-order valence-electron chi connectivity index (χ3n) is 2.05. The SMILES string of the molecule is Cc1[nH]ncc1S(=O)(=O)N[C@H](CC(=O)O)C(=O)O. The van der Waals surface area contributed by atoms with E-state index in [2.05, 4.69) is 10.2 Å². The maximum absolute atomic E-state index is 11.8. The van der Waals surface area contributed by atoms with Crippen LogP contribution in [0.25, 0.3) is 0 Å². The van der Waals surface area contributed by atoms with Gasteiger partial charge in [-0.05, 0) is 6.92 Å². The molecule has 10 heteroatoms. The first-order valence-corrected chi connectivity index (χ1v) is 6.19. The van der Waals surface area contributed by atoms with Gasteiger partial charge in [-0.1, -0.05) is 0 Å². The molecule has 0 radical (unpaired) electrons. The van der Waals surface area contributed by atoms with Crippen LogP contribution < -0.4 is 4.72 Å². The summed E-state index contributed by atoms with van der Waals surface area (Å²) in [5.41, 5.74) is 0.224. The minimum Gasteiger partial charge on any atom is -0.481 e. The maximum atomic E-state index is 11.8. The van der Waals surface area contributed by atoms with Crippen LogP contribution in [0.2, 0.25) is 0 Å². The lowest BCUT2D eigenvalue weighted by Gasteiger charge is -2.12. The van der Waals surface area contributed by atoms with Crippen molar-refractivity contribution in [1.29, 1.82) is 0 Å². The Morgan fingerprint density at radius 3 is 2.50 bits per heavy atom. The summed E-state index contributed by atoms with van der Waals surface area (Å²) in [6, 6.07) is -1.73. The molecule has 0 spiro atoms. The molecule has 0 amide bonds. The van der Waals surface area contributed by atoms with Gasteiger partial charge in [-0.2, -0.15) is 9.82 Å². The van der Waals surface area contributed by atoms with Crippen molar-refractivity contribution in [1.82, 2.24) is 14.9 Å². The normalized spacial score (nSPS) is 13.2. The lowest BCUT2D eigenvalue weighted by atomic mass is 10.2. The number of aromatic nitrogens is 2. The molecule has 1 aromatic rings. The number of rotatable bonds is 6. The Balaban J connectivity index is 2.97. The molecular formula is C8H11N3O6S. The summed E-state index contributed by atoms with van der Waals surface area (Å²) in [6.07, 6.45) is 0.156. The molecular weight excluding hydrogens is 266 g/mol. The third kappa shape index (κ3) is 3.28. The van der Waals surface area contributed by atoms with Crippen LogP contribution in [0.4, 0.5) is 0 Å². The summed E-state index contributed by atoms with van der Waals surface area (Å²) in [6.45, 7) is 1.44. The van der Waals surface area contributed by atoms with Crippen LogP contribution >= 0.6 is 0 Å². The first-order valence-electron chi connectivity index (χ1n) is 4.71. The van der Waals surface area contributed by atoms with Crippen molar-refractivity contribution in [3.63, 3.8) is 0 Å². The topological polar surface area (TPSA) is 149 Å². The van der Waals surface area contributed by atoms with Gasteiger partial charge in [0.05, 0.1) is 18.3 Å². The van der Waals surface area contributed by atoms with Gasteiger partial charge < -0.3 is 10.2 Å². The van der Waals surface area contributed by atoms with Crippen molar-refractivity contribution in [3.8, 4) is 0 Å². The number of carboxylic acid groups (broad SMARTS) is 2. The van der Waals surface area contributed by atoms with Crippen LogP contribution in [0.3, 0.4) is 0 Å². The second-order valence-electron chi connectivity index (χ2n) is 3.47. The van der Waals surface area contributed by atoms with Gasteiger partial charge in [0.15, 0.2) is 0 Å². The number of nitrogens with zero attached hydrogens (tertiary/aromatic N) is 1. The van der Waals surface area contributed by atoms with Crippen molar-refractivity contribution in [2.75, 3.05) is 0 Å². The monoisotopic (exact) mass is 277 g/mol. The number of aryl methyl sites for hydroxylation is 1. The number of aromatic amines is 1. The van der Waals surface area contributed by atoms with Crippen LogP contribution in [0.5, 0.6) is 0 Å². The van der Waals surface area contributed by atoms with Gasteiger partial charge in [-0.3, -0.25) is 14.7 Å². The van der Waals surface area contributed by atoms with Gasteiger partial charge in [-0.25, -0.2) is 8.42 Å². The standard InChI is InChI=1S/C8H11N3O6S/c1-4-6(3-9-10-4)18(16,17)11-5(8(14)15)2-7(12)13/h3,5,11H,2H2,1H3,(H,9,10)(H,12,13)(H,14,15)/t5-/m1/s1. The van der Waals surface area contributed by atoms with Crippen molar-refractivity contribution in [3.05, 3.63) is 11.9 Å². The van der Waals surface area contributed by atoms with E-state index in [1.807, 2.05) is 0 Å². The van der Waals surface area contributed by atoms with Crippen LogP contribution in [0.1, 0.15) is 12.1 Å². The molecule has 100 valence electrons. The Bertz CT molecular complexity index is 563. The second-order valence-corrected chi connectivity index (χ2v) is 5.15. The third-order valence-corrected chi connectivity index (χ3v) is 3.63. The summed E-state index contributed by atoms with van der Waals surface area (Å²) in [5, 5.41) is 23.1. The van der Waals surface area contributed by atoms with Crippen LogP contribution in [0, 0.1) is 6.92 Å². The Labute approximate surface area is 102 Å². The van der Waals surface area contributed by atoms with Crippen molar-refractivity contribution < 1.29 is 28.2 Å². The molecule has 1 atom stereocenters. The predicted molar refractivity (Wildman–Crippen MR) is 57.3 cm³/mol. The van der Waals surface area contributed by atoms with E-state index in [1.54, 1.807) is 4.72 Å². The number of nitrogens with one attached hydrogen (secondary N) is 2. The van der Waals surface area contributed by atoms with E-state index in [9.17, 15) is 18.0 Å². The number of hydrogen-bond donors (Lipinski definition) is 4. The highest BCUT2D eigenvalue weighted by Gasteiger charge is 2.29. The molecule has 1 heterocycles. The minimum absolute atomic E-state index is 0.223. The Morgan fingerprint density at radius 1 is 1.50 bits per heavy atom. The summed E-state index contributed by atoms with van der Waals surface area (Å²) >= 11 is 0. The molecule has 1 rings (SSSR count). The number of sulfonamides is 1. The Kier molecular flexibility index (Phi) is 4.03. The van der Waals surface area contributed by atoms with Crippen LogP contribution in [0.15, 0.2) is 11.1 Å². The fourth-order valence-corrected chi connectivity index (χ4v) is 2.54. The van der Waals surface area contributed by atoms with Crippen molar-refractivity contribution in [2.45, 2.75) is 24.3 Å².